The molecule has 0 saturated heterocycles. The van der Waals surface area contributed by atoms with Gasteiger partial charge in [-0.15, -0.1) is 0 Å². The molecule has 110 valence electrons. The molecule has 1 aromatic heterocycles. The zero-order valence-electron chi connectivity index (χ0n) is 12.0. The van der Waals surface area contributed by atoms with Crippen molar-refractivity contribution in [3.63, 3.8) is 0 Å². The Morgan fingerprint density at radius 1 is 1.33 bits per heavy atom. The van der Waals surface area contributed by atoms with E-state index in [4.69, 9.17) is 5.73 Å². The molecule has 0 spiro atoms. The molecular weight excluding hydrogens is 264 g/mol. The molecular formula is C16H20N4O. The number of amides is 1. The summed E-state index contributed by atoms with van der Waals surface area (Å²) in [6, 6.07) is 10.1. The van der Waals surface area contributed by atoms with E-state index in [0.29, 0.717) is 24.7 Å². The molecule has 0 aliphatic heterocycles. The molecule has 1 aromatic carbocycles. The predicted molar refractivity (Wildman–Crippen MR) is 81.3 cm³/mol. The van der Waals surface area contributed by atoms with Crippen molar-refractivity contribution < 1.29 is 4.79 Å². The Hall–Kier alpha value is -2.14. The Bertz CT molecular complexity index is 604. The lowest BCUT2D eigenvalue weighted by atomic mass is 9.91. The summed E-state index contributed by atoms with van der Waals surface area (Å²) < 4.78 is 1.73. The molecule has 2 N–H and O–H groups in total. The number of aromatic nitrogens is 2. The summed E-state index contributed by atoms with van der Waals surface area (Å²) in [5, 5.41) is 4.29. The first-order chi connectivity index (χ1) is 10.3. The number of nitrogens with zero attached hydrogens (tertiary/aromatic N) is 3. The summed E-state index contributed by atoms with van der Waals surface area (Å²) in [7, 11) is 0. The van der Waals surface area contributed by atoms with Crippen LogP contribution >= 0.6 is 0 Å². The molecule has 1 heterocycles. The number of rotatable bonds is 5. The van der Waals surface area contributed by atoms with Crippen molar-refractivity contribution in [3.05, 3.63) is 48.3 Å². The second-order valence-electron chi connectivity index (χ2n) is 5.38. The van der Waals surface area contributed by atoms with Crippen molar-refractivity contribution in [2.75, 3.05) is 13.1 Å². The lowest BCUT2D eigenvalue weighted by molar-refractivity contribution is 0.0588. The molecule has 21 heavy (non-hydrogen) atoms. The van der Waals surface area contributed by atoms with E-state index in [0.717, 1.165) is 18.5 Å². The zero-order valence-corrected chi connectivity index (χ0v) is 12.0. The highest BCUT2D eigenvalue weighted by atomic mass is 16.2. The number of carbonyl (C=O) groups is 1. The highest BCUT2D eigenvalue weighted by Crippen LogP contribution is 2.26. The molecule has 0 unspecified atom stereocenters. The quantitative estimate of drug-likeness (QED) is 0.911. The maximum absolute atomic E-state index is 12.6. The van der Waals surface area contributed by atoms with Gasteiger partial charge in [0.05, 0.1) is 17.4 Å². The van der Waals surface area contributed by atoms with Crippen LogP contribution in [0.1, 0.15) is 29.6 Å². The van der Waals surface area contributed by atoms with E-state index in [-0.39, 0.29) is 5.91 Å². The smallest absolute Gasteiger partial charge is 0.257 e. The maximum atomic E-state index is 12.6. The van der Waals surface area contributed by atoms with Crippen molar-refractivity contribution in [1.82, 2.24) is 14.7 Å². The van der Waals surface area contributed by atoms with Gasteiger partial charge in [-0.25, -0.2) is 4.68 Å². The van der Waals surface area contributed by atoms with Crippen molar-refractivity contribution in [1.29, 1.82) is 0 Å². The Kier molecular flexibility index (Phi) is 4.01. The molecule has 5 heteroatoms. The largest absolute Gasteiger partial charge is 0.334 e. The SMILES string of the molecule is NCCN(C(=O)c1cnn(-c2ccccc2)c1)C1CCC1. The minimum atomic E-state index is 0.0346. The van der Waals surface area contributed by atoms with Gasteiger partial charge in [-0.05, 0) is 31.4 Å². The summed E-state index contributed by atoms with van der Waals surface area (Å²) in [5.74, 6) is 0.0346. The van der Waals surface area contributed by atoms with Gasteiger partial charge in [0.2, 0.25) is 0 Å². The number of nitrogens with two attached hydrogens (primary N) is 1. The molecule has 1 aliphatic carbocycles. The van der Waals surface area contributed by atoms with Crippen LogP contribution in [0.4, 0.5) is 0 Å². The molecule has 0 bridgehead atoms. The third-order valence-corrected chi connectivity index (χ3v) is 4.00. The van der Waals surface area contributed by atoms with Crippen molar-refractivity contribution in [2.45, 2.75) is 25.3 Å². The van der Waals surface area contributed by atoms with Crippen molar-refractivity contribution in [3.8, 4) is 5.69 Å². The average Bonchev–Trinajstić information content (AvgIpc) is 2.95. The van der Waals surface area contributed by atoms with E-state index in [9.17, 15) is 4.79 Å². The Labute approximate surface area is 124 Å². The van der Waals surface area contributed by atoms with Crippen molar-refractivity contribution >= 4 is 5.91 Å². The van der Waals surface area contributed by atoms with Crippen LogP contribution in [0.25, 0.3) is 5.69 Å². The molecule has 1 saturated carbocycles. The van der Waals surface area contributed by atoms with Gasteiger partial charge in [-0.1, -0.05) is 18.2 Å². The molecule has 0 atom stereocenters. The van der Waals surface area contributed by atoms with Crippen LogP contribution in [0.15, 0.2) is 42.7 Å². The van der Waals surface area contributed by atoms with Crippen LogP contribution in [0.2, 0.25) is 0 Å². The molecule has 1 aliphatic rings. The third-order valence-electron chi connectivity index (χ3n) is 4.00. The summed E-state index contributed by atoms with van der Waals surface area (Å²) in [4.78, 5) is 14.5. The highest BCUT2D eigenvalue weighted by molar-refractivity contribution is 5.94. The standard InChI is InChI=1S/C16H20N4O/c17-9-10-19(14-7-4-8-14)16(21)13-11-18-20(12-13)15-5-2-1-3-6-15/h1-3,5-6,11-12,14H,4,7-10,17H2. The predicted octanol–water partition coefficient (Wildman–Crippen LogP) is 1.83. The van der Waals surface area contributed by atoms with Gasteiger partial charge in [0.1, 0.15) is 0 Å². The van der Waals surface area contributed by atoms with Crippen molar-refractivity contribution in [2.24, 2.45) is 5.73 Å². The van der Waals surface area contributed by atoms with E-state index in [1.54, 1.807) is 17.1 Å². The molecule has 5 nitrogen and oxygen atoms in total. The fourth-order valence-corrected chi connectivity index (χ4v) is 2.61. The number of para-hydroxylation sites is 1. The number of carbonyl (C=O) groups excluding carboxylic acids is 1. The van der Waals surface area contributed by atoms with Crippen LogP contribution in [0.3, 0.4) is 0 Å². The normalized spacial score (nSPS) is 14.7. The van der Waals surface area contributed by atoms with Gasteiger partial charge in [-0.2, -0.15) is 5.10 Å². The minimum Gasteiger partial charge on any atom is -0.334 e. The van der Waals surface area contributed by atoms with E-state index < -0.39 is 0 Å². The van der Waals surface area contributed by atoms with E-state index in [1.165, 1.54) is 6.42 Å². The first kappa shape index (κ1) is 13.8. The molecule has 2 aromatic rings. The molecule has 3 rings (SSSR count). The monoisotopic (exact) mass is 284 g/mol. The third kappa shape index (κ3) is 2.83. The topological polar surface area (TPSA) is 64.2 Å². The summed E-state index contributed by atoms with van der Waals surface area (Å²) >= 11 is 0. The van der Waals surface area contributed by atoms with Gasteiger partial charge in [0, 0.05) is 25.3 Å². The first-order valence-electron chi connectivity index (χ1n) is 7.40. The van der Waals surface area contributed by atoms with E-state index in [2.05, 4.69) is 5.10 Å². The van der Waals surface area contributed by atoms with Gasteiger partial charge in [-0.3, -0.25) is 4.79 Å². The summed E-state index contributed by atoms with van der Waals surface area (Å²) in [5.41, 5.74) is 7.22. The van der Waals surface area contributed by atoms with Crippen LogP contribution in [0, 0.1) is 0 Å². The van der Waals surface area contributed by atoms with Gasteiger partial charge < -0.3 is 10.6 Å². The van der Waals surface area contributed by atoms with Crippen LogP contribution in [0.5, 0.6) is 0 Å². The average molecular weight is 284 g/mol. The second kappa shape index (κ2) is 6.10. The zero-order chi connectivity index (χ0) is 14.7. The number of hydrogen-bond donors (Lipinski definition) is 1. The fourth-order valence-electron chi connectivity index (χ4n) is 2.61. The molecule has 1 amide bonds. The summed E-state index contributed by atoms with van der Waals surface area (Å²) in [6.07, 6.45) is 6.79. The van der Waals surface area contributed by atoms with Crippen LogP contribution in [-0.4, -0.2) is 39.7 Å². The van der Waals surface area contributed by atoms with Crippen LogP contribution in [-0.2, 0) is 0 Å². The Balaban J connectivity index is 1.79. The van der Waals surface area contributed by atoms with E-state index in [1.807, 2.05) is 35.2 Å². The lowest BCUT2D eigenvalue weighted by Crippen LogP contribution is -2.46. The highest BCUT2D eigenvalue weighted by Gasteiger charge is 2.29. The molecule has 0 radical (unpaired) electrons. The number of benzene rings is 1. The minimum absolute atomic E-state index is 0.0346. The van der Waals surface area contributed by atoms with Gasteiger partial charge in [0.25, 0.3) is 5.91 Å². The van der Waals surface area contributed by atoms with Crippen LogP contribution < -0.4 is 5.73 Å². The fraction of sp³-hybridized carbons (Fsp3) is 0.375. The Morgan fingerprint density at radius 3 is 2.71 bits per heavy atom. The van der Waals surface area contributed by atoms with E-state index >= 15 is 0 Å². The van der Waals surface area contributed by atoms with Gasteiger partial charge in [0.15, 0.2) is 0 Å². The second-order valence-corrected chi connectivity index (χ2v) is 5.38. The molecule has 1 fully saturated rings. The maximum Gasteiger partial charge on any atom is 0.257 e. The summed E-state index contributed by atoms with van der Waals surface area (Å²) in [6.45, 7) is 1.11. The van der Waals surface area contributed by atoms with Gasteiger partial charge >= 0.3 is 0 Å². The lowest BCUT2D eigenvalue weighted by Gasteiger charge is -2.37. The Morgan fingerprint density at radius 2 is 2.10 bits per heavy atom. The number of hydrogen-bond acceptors (Lipinski definition) is 3. The first-order valence-corrected chi connectivity index (χ1v) is 7.40.